The molecule has 0 N–H and O–H groups in total. The van der Waals surface area contributed by atoms with Crippen LogP contribution in [0.4, 0.5) is 0 Å². The van der Waals surface area contributed by atoms with Gasteiger partial charge in [0, 0.05) is 40.1 Å². The fourth-order valence-electron chi connectivity index (χ4n) is 10.1. The average Bonchev–Trinajstić information content (AvgIpc) is 3.92. The van der Waals surface area contributed by atoms with Gasteiger partial charge in [0.2, 0.25) is 0 Å². The maximum absolute atomic E-state index is 7.32. The molecule has 0 saturated heterocycles. The largest absolute Gasteiger partial charge is 0.458 e. The summed E-state index contributed by atoms with van der Waals surface area (Å²) in [5.41, 5.74) is 12.9. The van der Waals surface area contributed by atoms with E-state index >= 15 is 0 Å². The minimum Gasteiger partial charge on any atom is -0.458 e. The van der Waals surface area contributed by atoms with E-state index in [4.69, 9.17) is 9.72 Å². The van der Waals surface area contributed by atoms with Gasteiger partial charge in [0.1, 0.15) is 17.3 Å². The first-order chi connectivity index (χ1) is 33.2. The third-order valence-corrected chi connectivity index (χ3v) is 14.7. The Labute approximate surface area is 424 Å². The van der Waals surface area contributed by atoms with Crippen molar-refractivity contribution >= 4 is 21.8 Å². The third kappa shape index (κ3) is 9.49. The van der Waals surface area contributed by atoms with Crippen molar-refractivity contribution < 1.29 is 9.30 Å². The van der Waals surface area contributed by atoms with E-state index in [0.717, 1.165) is 51.0 Å². The molecule has 71 heavy (non-hydrogen) atoms. The number of aromatic nitrogens is 4. The van der Waals surface area contributed by atoms with Gasteiger partial charge in [-0.2, -0.15) is 0 Å². The van der Waals surface area contributed by atoms with Crippen LogP contribution in [0.5, 0.6) is 11.5 Å². The second-order valence-electron chi connectivity index (χ2n) is 25.0. The number of fused-ring (bicyclic) bond motifs is 3. The van der Waals surface area contributed by atoms with Gasteiger partial charge < -0.3 is 4.74 Å². The number of imidazole rings is 1. The van der Waals surface area contributed by atoms with Gasteiger partial charge in [0.25, 0.3) is 6.33 Å². The smallest absolute Gasteiger partial charge is 0.269 e. The van der Waals surface area contributed by atoms with Crippen LogP contribution in [0, 0.1) is 6.33 Å². The SMILES string of the molecule is CC(C)(C)c1cc(-[n+]2[c-]n(-c3cc(Oc4cc(C(C)(C)C)c5c6ccccc6n(-c6cc(C(C)(C)C)ccn6)c5c4)cc(C(C)(C)c4ccccc4)c3)c(C(C)(C)C)c2)cc(C(C)(C)c2ccccc2)c1. The van der Waals surface area contributed by atoms with Crippen LogP contribution in [0.25, 0.3) is 39.0 Å². The highest BCUT2D eigenvalue weighted by Crippen LogP contribution is 2.44. The molecule has 0 amide bonds. The normalized spacial score (nSPS) is 13.1. The van der Waals surface area contributed by atoms with E-state index in [1.165, 1.54) is 44.2 Å². The lowest BCUT2D eigenvalue weighted by Gasteiger charge is -2.30. The van der Waals surface area contributed by atoms with E-state index in [9.17, 15) is 0 Å². The molecule has 0 aliphatic rings. The molecule has 0 spiro atoms. The molecule has 0 atom stereocenters. The maximum atomic E-state index is 7.32. The van der Waals surface area contributed by atoms with Crippen molar-refractivity contribution in [3.63, 3.8) is 0 Å². The van der Waals surface area contributed by atoms with Gasteiger partial charge in [0.15, 0.2) is 0 Å². The van der Waals surface area contributed by atoms with Crippen molar-refractivity contribution in [1.82, 2.24) is 14.1 Å². The molecule has 364 valence electrons. The lowest BCUT2D eigenvalue weighted by atomic mass is 9.75. The Balaban J connectivity index is 1.26. The van der Waals surface area contributed by atoms with Crippen LogP contribution in [0.3, 0.4) is 0 Å². The molecule has 0 bridgehead atoms. The quantitative estimate of drug-likeness (QED) is 0.107. The first kappa shape index (κ1) is 49.3. The zero-order valence-corrected chi connectivity index (χ0v) is 45.2. The molecule has 5 nitrogen and oxygen atoms in total. The fourth-order valence-corrected chi connectivity index (χ4v) is 10.1. The van der Waals surface area contributed by atoms with Gasteiger partial charge in [-0.3, -0.25) is 13.7 Å². The summed E-state index contributed by atoms with van der Waals surface area (Å²) in [7, 11) is 0. The number of benzene rings is 6. The molecular formula is C66H74N4O. The van der Waals surface area contributed by atoms with Crippen LogP contribution in [-0.4, -0.2) is 14.1 Å². The first-order valence-corrected chi connectivity index (χ1v) is 25.4. The van der Waals surface area contributed by atoms with Crippen LogP contribution < -0.4 is 9.30 Å². The van der Waals surface area contributed by atoms with Crippen molar-refractivity contribution in [1.29, 1.82) is 0 Å². The monoisotopic (exact) mass is 939 g/mol. The average molecular weight is 939 g/mol. The molecule has 0 fully saturated rings. The molecule has 0 radical (unpaired) electrons. The van der Waals surface area contributed by atoms with Crippen molar-refractivity contribution in [3.8, 4) is 28.7 Å². The fraction of sp³-hybridized carbons (Fsp3) is 0.333. The summed E-state index contributed by atoms with van der Waals surface area (Å²) in [5, 5.41) is 2.42. The molecule has 9 rings (SSSR count). The molecule has 6 aromatic carbocycles. The first-order valence-electron chi connectivity index (χ1n) is 25.4. The van der Waals surface area contributed by atoms with Crippen LogP contribution in [-0.2, 0) is 32.5 Å². The Kier molecular flexibility index (Phi) is 12.2. The third-order valence-electron chi connectivity index (χ3n) is 14.7. The standard InChI is InChI=1S/C66H74N4O/c1-61(2,3)46-31-32-67-59(38-46)70-56-30-24-23-29-54(56)60-55(63(7,8)9)40-53(41-57(60)70)71-52-37-49(66(15,16)45-27-21-18-22-28-45)36-51(39-52)69-43-68(42-58(69)64(10,11)12)50-34-47(62(4,5)6)33-48(35-50)65(13,14)44-25-19-17-20-26-44/h17-42H,1-16H3. The van der Waals surface area contributed by atoms with Gasteiger partial charge in [-0.1, -0.05) is 196 Å². The highest BCUT2D eigenvalue weighted by molar-refractivity contribution is 6.11. The summed E-state index contributed by atoms with van der Waals surface area (Å²) in [4.78, 5) is 5.03. The minimum atomic E-state index is -0.365. The lowest BCUT2D eigenvalue weighted by Crippen LogP contribution is -2.31. The number of rotatable bonds is 9. The van der Waals surface area contributed by atoms with Gasteiger partial charge in [-0.15, -0.1) is 0 Å². The predicted octanol–water partition coefficient (Wildman–Crippen LogP) is 16.7. The summed E-state index contributed by atoms with van der Waals surface area (Å²) in [6.45, 7) is 36.7. The Morgan fingerprint density at radius 1 is 0.465 bits per heavy atom. The Morgan fingerprint density at radius 3 is 1.62 bits per heavy atom. The zero-order valence-electron chi connectivity index (χ0n) is 45.2. The second kappa shape index (κ2) is 17.5. The van der Waals surface area contributed by atoms with E-state index in [2.05, 4.69) is 283 Å². The summed E-state index contributed by atoms with van der Waals surface area (Å²) in [6, 6.07) is 53.1. The highest BCUT2D eigenvalue weighted by atomic mass is 16.5. The van der Waals surface area contributed by atoms with Gasteiger partial charge in [0.05, 0.1) is 28.1 Å². The summed E-state index contributed by atoms with van der Waals surface area (Å²) in [6.07, 6.45) is 8.13. The van der Waals surface area contributed by atoms with Crippen LogP contribution in [0.15, 0.2) is 158 Å². The Morgan fingerprint density at radius 2 is 1.03 bits per heavy atom. The number of nitrogens with zero attached hydrogens (tertiary/aromatic N) is 4. The Hall–Kier alpha value is -6.72. The van der Waals surface area contributed by atoms with E-state index < -0.39 is 0 Å². The van der Waals surface area contributed by atoms with Gasteiger partial charge in [-0.25, -0.2) is 4.98 Å². The molecule has 0 saturated carbocycles. The van der Waals surface area contributed by atoms with Crippen LogP contribution >= 0.6 is 0 Å². The maximum Gasteiger partial charge on any atom is 0.269 e. The number of hydrogen-bond donors (Lipinski definition) is 0. The molecule has 9 aromatic rings. The van der Waals surface area contributed by atoms with Crippen molar-refractivity contribution in [2.45, 2.75) is 143 Å². The molecule has 3 aromatic heterocycles. The van der Waals surface area contributed by atoms with Crippen LogP contribution in [0.1, 0.15) is 155 Å². The minimum absolute atomic E-state index is 0.0422. The summed E-state index contributed by atoms with van der Waals surface area (Å²) < 4.78 is 14.1. The molecular weight excluding hydrogens is 865 g/mol. The van der Waals surface area contributed by atoms with E-state index in [-0.39, 0.29) is 32.5 Å². The van der Waals surface area contributed by atoms with Crippen LogP contribution in [0.2, 0.25) is 0 Å². The van der Waals surface area contributed by atoms with Gasteiger partial charge in [-0.05, 0) is 115 Å². The summed E-state index contributed by atoms with van der Waals surface area (Å²) >= 11 is 0. The van der Waals surface area contributed by atoms with Crippen molar-refractivity contribution in [3.05, 3.63) is 209 Å². The molecule has 5 heteroatoms. The second-order valence-corrected chi connectivity index (χ2v) is 25.0. The Bertz CT molecular complexity index is 3410. The number of ether oxygens (including phenoxy) is 1. The van der Waals surface area contributed by atoms with E-state index in [1.54, 1.807) is 0 Å². The number of hydrogen-bond acceptors (Lipinski definition) is 2. The molecule has 0 aliphatic heterocycles. The predicted molar refractivity (Wildman–Crippen MR) is 297 cm³/mol. The molecule has 3 heterocycles. The lowest BCUT2D eigenvalue weighted by molar-refractivity contribution is -0.599. The zero-order chi connectivity index (χ0) is 51.1. The number of para-hydroxylation sites is 1. The highest BCUT2D eigenvalue weighted by Gasteiger charge is 2.31. The van der Waals surface area contributed by atoms with E-state index in [1.807, 2.05) is 6.20 Å². The van der Waals surface area contributed by atoms with Gasteiger partial charge >= 0.3 is 0 Å². The van der Waals surface area contributed by atoms with Crippen molar-refractivity contribution in [2.75, 3.05) is 0 Å². The van der Waals surface area contributed by atoms with E-state index in [0.29, 0.717) is 0 Å². The molecule has 0 unspecified atom stereocenters. The van der Waals surface area contributed by atoms with Crippen molar-refractivity contribution in [2.24, 2.45) is 0 Å². The number of pyridine rings is 1. The molecule has 0 aliphatic carbocycles. The summed E-state index contributed by atoms with van der Waals surface area (Å²) in [5.74, 6) is 2.42. The topological polar surface area (TPSA) is 35.9 Å².